The highest BCUT2D eigenvalue weighted by Crippen LogP contribution is 2.27. The van der Waals surface area contributed by atoms with Crippen LogP contribution in [-0.2, 0) is 0 Å². The van der Waals surface area contributed by atoms with Crippen LogP contribution in [0.25, 0.3) is 0 Å². The lowest BCUT2D eigenvalue weighted by atomic mass is 10.1. The largest absolute Gasteiger partial charge is 0.490 e. The maximum atomic E-state index is 11.8. The van der Waals surface area contributed by atoms with E-state index in [9.17, 15) is 4.79 Å². The zero-order chi connectivity index (χ0) is 12.1. The molecular weight excluding hydrogens is 214 g/mol. The lowest BCUT2D eigenvalue weighted by Gasteiger charge is -2.06. The standard InChI is InChI=1S/C14H15NO2/c1-2-8-15-10-14(16)11-4-3-5-13(9-11)17-12-6-7-12/h1,3-5,9,12,15H,6-8,10H2. The van der Waals surface area contributed by atoms with Gasteiger partial charge in [0, 0.05) is 5.56 Å². The summed E-state index contributed by atoms with van der Waals surface area (Å²) in [7, 11) is 0. The van der Waals surface area contributed by atoms with E-state index in [2.05, 4.69) is 11.2 Å². The Kier molecular flexibility index (Phi) is 3.79. The van der Waals surface area contributed by atoms with Crippen LogP contribution >= 0.6 is 0 Å². The van der Waals surface area contributed by atoms with Crippen molar-refractivity contribution in [2.45, 2.75) is 18.9 Å². The minimum absolute atomic E-state index is 0.0292. The Balaban J connectivity index is 1.94. The molecule has 0 aliphatic heterocycles. The van der Waals surface area contributed by atoms with Crippen molar-refractivity contribution in [3.8, 4) is 18.1 Å². The SMILES string of the molecule is C#CCNCC(=O)c1cccc(OC2CC2)c1. The average molecular weight is 229 g/mol. The van der Waals surface area contributed by atoms with Crippen molar-refractivity contribution >= 4 is 5.78 Å². The molecular formula is C14H15NO2. The number of terminal acetylenes is 1. The molecule has 1 fully saturated rings. The summed E-state index contributed by atoms with van der Waals surface area (Å²) in [6.07, 6.45) is 7.67. The van der Waals surface area contributed by atoms with E-state index in [1.54, 1.807) is 12.1 Å². The van der Waals surface area contributed by atoms with Gasteiger partial charge in [-0.2, -0.15) is 0 Å². The summed E-state index contributed by atoms with van der Waals surface area (Å²) in [6.45, 7) is 0.668. The zero-order valence-corrected chi connectivity index (χ0v) is 9.61. The van der Waals surface area contributed by atoms with Gasteiger partial charge in [0.1, 0.15) is 5.75 Å². The fraction of sp³-hybridized carbons (Fsp3) is 0.357. The Bertz CT molecular complexity index is 444. The first-order valence-electron chi connectivity index (χ1n) is 5.73. The van der Waals surface area contributed by atoms with Gasteiger partial charge >= 0.3 is 0 Å². The highest BCUT2D eigenvalue weighted by atomic mass is 16.5. The molecule has 1 aliphatic rings. The summed E-state index contributed by atoms with van der Waals surface area (Å²) in [5, 5.41) is 2.88. The normalized spacial score (nSPS) is 14.1. The summed E-state index contributed by atoms with van der Waals surface area (Å²) in [6, 6.07) is 7.30. The maximum Gasteiger partial charge on any atom is 0.176 e. The molecule has 1 saturated carbocycles. The Morgan fingerprint density at radius 3 is 3.06 bits per heavy atom. The van der Waals surface area contributed by atoms with Crippen LogP contribution in [-0.4, -0.2) is 25.0 Å². The number of ketones is 1. The molecule has 0 radical (unpaired) electrons. The number of carbonyl (C=O) groups excluding carboxylic acids is 1. The van der Waals surface area contributed by atoms with Crippen LogP contribution in [0.2, 0.25) is 0 Å². The van der Waals surface area contributed by atoms with Crippen molar-refractivity contribution in [2.24, 2.45) is 0 Å². The first-order chi connectivity index (χ1) is 8.29. The van der Waals surface area contributed by atoms with E-state index in [-0.39, 0.29) is 12.3 Å². The molecule has 88 valence electrons. The summed E-state index contributed by atoms with van der Waals surface area (Å²) in [5.74, 6) is 3.23. The van der Waals surface area contributed by atoms with Gasteiger partial charge in [-0.3, -0.25) is 10.1 Å². The van der Waals surface area contributed by atoms with Crippen LogP contribution in [0.4, 0.5) is 0 Å². The van der Waals surface area contributed by atoms with Crippen molar-refractivity contribution in [3.63, 3.8) is 0 Å². The van der Waals surface area contributed by atoms with Crippen molar-refractivity contribution in [1.82, 2.24) is 5.32 Å². The summed E-state index contributed by atoms with van der Waals surface area (Å²) >= 11 is 0. The number of hydrogen-bond donors (Lipinski definition) is 1. The van der Waals surface area contributed by atoms with E-state index in [4.69, 9.17) is 11.2 Å². The highest BCUT2D eigenvalue weighted by Gasteiger charge is 2.23. The highest BCUT2D eigenvalue weighted by molar-refractivity contribution is 5.97. The molecule has 2 rings (SSSR count). The van der Waals surface area contributed by atoms with Gasteiger partial charge in [-0.05, 0) is 25.0 Å². The van der Waals surface area contributed by atoms with E-state index in [1.807, 2.05) is 12.1 Å². The number of rotatable bonds is 6. The van der Waals surface area contributed by atoms with Crippen molar-refractivity contribution in [1.29, 1.82) is 0 Å². The number of carbonyl (C=O) groups is 1. The van der Waals surface area contributed by atoms with Crippen LogP contribution in [0, 0.1) is 12.3 Å². The molecule has 0 unspecified atom stereocenters. The molecule has 3 nitrogen and oxygen atoms in total. The molecule has 0 amide bonds. The van der Waals surface area contributed by atoms with Gasteiger partial charge in [0.15, 0.2) is 5.78 Å². The van der Waals surface area contributed by atoms with Gasteiger partial charge in [-0.1, -0.05) is 18.1 Å². The number of Topliss-reactive ketones (excluding diaryl/α,β-unsaturated/α-hetero) is 1. The molecule has 0 heterocycles. The Morgan fingerprint density at radius 2 is 2.35 bits per heavy atom. The van der Waals surface area contributed by atoms with Gasteiger partial charge in [0.2, 0.25) is 0 Å². The summed E-state index contributed by atoms with van der Waals surface area (Å²) < 4.78 is 5.64. The third-order valence-electron chi connectivity index (χ3n) is 2.50. The predicted molar refractivity (Wildman–Crippen MR) is 66.1 cm³/mol. The second-order valence-electron chi connectivity index (χ2n) is 4.08. The molecule has 17 heavy (non-hydrogen) atoms. The van der Waals surface area contributed by atoms with Gasteiger partial charge < -0.3 is 4.74 Å². The number of benzene rings is 1. The number of hydrogen-bond acceptors (Lipinski definition) is 3. The molecule has 1 N–H and O–H groups in total. The third kappa shape index (κ3) is 3.61. The fourth-order valence-electron chi connectivity index (χ4n) is 1.47. The smallest absolute Gasteiger partial charge is 0.176 e. The van der Waals surface area contributed by atoms with Crippen LogP contribution in [0.5, 0.6) is 5.75 Å². The fourth-order valence-corrected chi connectivity index (χ4v) is 1.47. The molecule has 1 aromatic rings. The van der Waals surface area contributed by atoms with Crippen molar-refractivity contribution in [3.05, 3.63) is 29.8 Å². The molecule has 1 aliphatic carbocycles. The molecule has 0 saturated heterocycles. The number of nitrogens with one attached hydrogen (secondary N) is 1. The van der Waals surface area contributed by atoms with Crippen molar-refractivity contribution in [2.75, 3.05) is 13.1 Å². The minimum atomic E-state index is 0.0292. The van der Waals surface area contributed by atoms with Crippen LogP contribution in [0.1, 0.15) is 23.2 Å². The van der Waals surface area contributed by atoms with E-state index in [0.717, 1.165) is 18.6 Å². The number of ether oxygens (including phenoxy) is 1. The van der Waals surface area contributed by atoms with Gasteiger partial charge in [-0.15, -0.1) is 6.42 Å². The quantitative estimate of drug-likeness (QED) is 0.458. The topological polar surface area (TPSA) is 38.3 Å². The van der Waals surface area contributed by atoms with Crippen molar-refractivity contribution < 1.29 is 9.53 Å². The first-order valence-corrected chi connectivity index (χ1v) is 5.73. The summed E-state index contributed by atoms with van der Waals surface area (Å²) in [4.78, 5) is 11.8. The molecule has 0 aromatic heterocycles. The van der Waals surface area contributed by atoms with E-state index in [1.165, 1.54) is 0 Å². The first kappa shape index (κ1) is 11.7. The minimum Gasteiger partial charge on any atom is -0.490 e. The van der Waals surface area contributed by atoms with Crippen LogP contribution in [0.15, 0.2) is 24.3 Å². The zero-order valence-electron chi connectivity index (χ0n) is 9.61. The predicted octanol–water partition coefficient (Wildman–Crippen LogP) is 1.63. The molecule has 1 aromatic carbocycles. The molecule has 0 atom stereocenters. The van der Waals surface area contributed by atoms with E-state index >= 15 is 0 Å². The lowest BCUT2D eigenvalue weighted by molar-refractivity contribution is 0.0992. The summed E-state index contributed by atoms with van der Waals surface area (Å²) in [5.41, 5.74) is 0.660. The van der Waals surface area contributed by atoms with Crippen LogP contribution < -0.4 is 10.1 Å². The Labute approximate surface area is 101 Å². The Hall–Kier alpha value is -1.79. The maximum absolute atomic E-state index is 11.8. The monoisotopic (exact) mass is 229 g/mol. The van der Waals surface area contributed by atoms with Gasteiger partial charge in [0.25, 0.3) is 0 Å². The van der Waals surface area contributed by atoms with Gasteiger partial charge in [0.05, 0.1) is 19.2 Å². The van der Waals surface area contributed by atoms with Gasteiger partial charge in [-0.25, -0.2) is 0 Å². The molecule has 0 bridgehead atoms. The Morgan fingerprint density at radius 1 is 1.53 bits per heavy atom. The van der Waals surface area contributed by atoms with E-state index < -0.39 is 0 Å². The molecule has 0 spiro atoms. The molecule has 3 heteroatoms. The second-order valence-corrected chi connectivity index (χ2v) is 4.08. The van der Waals surface area contributed by atoms with Crippen LogP contribution in [0.3, 0.4) is 0 Å². The lowest BCUT2D eigenvalue weighted by Crippen LogP contribution is -2.23. The third-order valence-corrected chi connectivity index (χ3v) is 2.50. The second kappa shape index (κ2) is 5.51. The van der Waals surface area contributed by atoms with E-state index in [0.29, 0.717) is 18.2 Å². The average Bonchev–Trinajstić information content (AvgIpc) is 3.13.